The number of Topliss-reactive ketones (excluding diaryl/α,β-unsaturated/α-hetero) is 1. The topological polar surface area (TPSA) is 79.5 Å². The van der Waals surface area contributed by atoms with Crippen LogP contribution >= 0.6 is 35.6 Å². The van der Waals surface area contributed by atoms with Gasteiger partial charge in [-0.15, -0.1) is 11.8 Å². The van der Waals surface area contributed by atoms with Crippen molar-refractivity contribution in [2.24, 2.45) is 0 Å². The Morgan fingerprint density at radius 3 is 2.27 bits per heavy atom. The van der Waals surface area contributed by atoms with E-state index in [0.717, 1.165) is 16.3 Å². The second kappa shape index (κ2) is 11.7. The Morgan fingerprint density at radius 2 is 1.61 bits per heavy atom. The number of rotatable bonds is 8. The Hall–Kier alpha value is -3.07. The Labute approximate surface area is 207 Å². The molecule has 0 fully saturated rings. The third-order valence-corrected chi connectivity index (χ3v) is 5.94. The quantitative estimate of drug-likeness (QED) is 0.196. The van der Waals surface area contributed by atoms with Gasteiger partial charge in [0.25, 0.3) is 0 Å². The van der Waals surface area contributed by atoms with E-state index in [1.165, 1.54) is 25.8 Å². The number of halogens is 1. The highest BCUT2D eigenvalue weighted by Crippen LogP contribution is 2.28. The van der Waals surface area contributed by atoms with Gasteiger partial charge < -0.3 is 20.7 Å². The van der Waals surface area contributed by atoms with Crippen molar-refractivity contribution < 1.29 is 14.3 Å². The van der Waals surface area contributed by atoms with Crippen LogP contribution in [0.15, 0.2) is 71.6 Å². The number of ketones is 1. The number of carbonyl (C=O) groups excluding carboxylic acids is 2. The second-order valence-electron chi connectivity index (χ2n) is 6.93. The van der Waals surface area contributed by atoms with Crippen LogP contribution in [0.4, 0.5) is 17.1 Å². The maximum Gasteiger partial charge on any atom is 0.234 e. The smallest absolute Gasteiger partial charge is 0.234 e. The number of carbonyl (C=O) groups is 2. The van der Waals surface area contributed by atoms with Crippen molar-refractivity contribution in [1.82, 2.24) is 0 Å². The number of ether oxygens (including phenoxy) is 1. The maximum absolute atomic E-state index is 12.3. The molecule has 9 heteroatoms. The van der Waals surface area contributed by atoms with Gasteiger partial charge in [-0.3, -0.25) is 9.59 Å². The summed E-state index contributed by atoms with van der Waals surface area (Å²) < 4.78 is 5.11. The molecule has 33 heavy (non-hydrogen) atoms. The van der Waals surface area contributed by atoms with Crippen molar-refractivity contribution in [2.75, 3.05) is 28.8 Å². The van der Waals surface area contributed by atoms with Gasteiger partial charge in [0.05, 0.1) is 17.9 Å². The van der Waals surface area contributed by atoms with E-state index >= 15 is 0 Å². The summed E-state index contributed by atoms with van der Waals surface area (Å²) in [6, 6.07) is 19.8. The van der Waals surface area contributed by atoms with Gasteiger partial charge in [0, 0.05) is 27.5 Å². The highest BCUT2D eigenvalue weighted by molar-refractivity contribution is 8.00. The molecule has 0 aromatic heterocycles. The molecule has 3 aromatic carbocycles. The largest absolute Gasteiger partial charge is 0.495 e. The fourth-order valence-corrected chi connectivity index (χ4v) is 4.08. The van der Waals surface area contributed by atoms with Crippen molar-refractivity contribution in [2.45, 2.75) is 11.8 Å². The predicted molar refractivity (Wildman–Crippen MR) is 140 cm³/mol. The molecule has 3 aromatic rings. The minimum absolute atomic E-state index is 0.0121. The lowest BCUT2D eigenvalue weighted by Gasteiger charge is -2.12. The number of hydrogen-bond donors (Lipinski definition) is 3. The molecule has 0 atom stereocenters. The fourth-order valence-electron chi connectivity index (χ4n) is 2.84. The lowest BCUT2D eigenvalue weighted by molar-refractivity contribution is -0.113. The SMILES string of the molecule is COc1ccc(NC(=O)CSc2cccc(NC(=S)Nc3ccc(C(C)=O)cc3)c2)cc1Cl. The highest BCUT2D eigenvalue weighted by Gasteiger charge is 2.08. The predicted octanol–water partition coefficient (Wildman–Crippen LogP) is 6.09. The molecular weight excluding hydrogens is 478 g/mol. The summed E-state index contributed by atoms with van der Waals surface area (Å²) in [4.78, 5) is 24.6. The molecule has 0 saturated carbocycles. The number of benzene rings is 3. The van der Waals surface area contributed by atoms with Gasteiger partial charge >= 0.3 is 0 Å². The van der Waals surface area contributed by atoms with E-state index < -0.39 is 0 Å². The number of thioether (sulfide) groups is 1. The summed E-state index contributed by atoms with van der Waals surface area (Å²) in [7, 11) is 1.54. The third-order valence-electron chi connectivity index (χ3n) is 4.45. The van der Waals surface area contributed by atoms with Gasteiger partial charge in [-0.05, 0) is 79.8 Å². The van der Waals surface area contributed by atoms with Crippen molar-refractivity contribution >= 4 is 69.4 Å². The number of methoxy groups -OCH3 is 1. The first-order valence-corrected chi connectivity index (χ1v) is 11.7. The molecule has 0 aliphatic carbocycles. The summed E-state index contributed by atoms with van der Waals surface area (Å²) in [5, 5.41) is 9.88. The molecule has 0 saturated heterocycles. The number of amides is 1. The van der Waals surface area contributed by atoms with Crippen LogP contribution in [0.1, 0.15) is 17.3 Å². The number of thiocarbonyl (C=S) groups is 1. The molecule has 0 heterocycles. The van der Waals surface area contributed by atoms with E-state index in [4.69, 9.17) is 28.6 Å². The van der Waals surface area contributed by atoms with E-state index in [0.29, 0.717) is 27.1 Å². The third kappa shape index (κ3) is 7.49. The first-order valence-electron chi connectivity index (χ1n) is 9.89. The molecule has 3 N–H and O–H groups in total. The molecule has 0 radical (unpaired) electrons. The zero-order valence-electron chi connectivity index (χ0n) is 18.0. The number of hydrogen-bond acceptors (Lipinski definition) is 5. The summed E-state index contributed by atoms with van der Waals surface area (Å²) in [5.41, 5.74) is 2.82. The van der Waals surface area contributed by atoms with Crippen LogP contribution < -0.4 is 20.7 Å². The molecule has 6 nitrogen and oxygen atoms in total. The molecule has 170 valence electrons. The Bertz CT molecular complexity index is 1170. The van der Waals surface area contributed by atoms with Gasteiger partial charge in [0.2, 0.25) is 5.91 Å². The van der Waals surface area contributed by atoms with E-state index in [-0.39, 0.29) is 17.4 Å². The highest BCUT2D eigenvalue weighted by atomic mass is 35.5. The first-order chi connectivity index (χ1) is 15.8. The Balaban J connectivity index is 1.51. The molecule has 0 spiro atoms. The van der Waals surface area contributed by atoms with E-state index in [2.05, 4.69) is 16.0 Å². The molecule has 0 aliphatic heterocycles. The second-order valence-corrected chi connectivity index (χ2v) is 8.79. The van der Waals surface area contributed by atoms with Crippen LogP contribution in [0.2, 0.25) is 5.02 Å². The van der Waals surface area contributed by atoms with Gasteiger partial charge in [0.15, 0.2) is 10.9 Å². The Kier molecular flexibility index (Phi) is 8.71. The van der Waals surface area contributed by atoms with Crippen molar-refractivity contribution in [3.63, 3.8) is 0 Å². The maximum atomic E-state index is 12.3. The zero-order valence-corrected chi connectivity index (χ0v) is 20.4. The standard InChI is InChI=1S/C24H22ClN3O3S2/c1-15(29)16-6-8-17(9-7-16)27-24(32)28-18-4-3-5-20(12-18)33-14-23(30)26-19-10-11-22(31-2)21(25)13-19/h3-13H,14H2,1-2H3,(H,26,30)(H2,27,28,32). The van der Waals surface area contributed by atoms with Crippen LogP contribution in [0.25, 0.3) is 0 Å². The molecule has 0 bridgehead atoms. The monoisotopic (exact) mass is 499 g/mol. The van der Waals surface area contributed by atoms with Crippen molar-refractivity contribution in [1.29, 1.82) is 0 Å². The van der Waals surface area contributed by atoms with Gasteiger partial charge in [-0.1, -0.05) is 17.7 Å². The van der Waals surface area contributed by atoms with Gasteiger partial charge in [0.1, 0.15) is 5.75 Å². The summed E-state index contributed by atoms with van der Waals surface area (Å²) in [6.07, 6.45) is 0. The summed E-state index contributed by atoms with van der Waals surface area (Å²) in [5.74, 6) is 0.649. The minimum atomic E-state index is -0.147. The molecule has 0 unspecified atom stereocenters. The lowest BCUT2D eigenvalue weighted by atomic mass is 10.1. The van der Waals surface area contributed by atoms with Crippen molar-refractivity contribution in [3.05, 3.63) is 77.3 Å². The summed E-state index contributed by atoms with van der Waals surface area (Å²) in [6.45, 7) is 1.53. The van der Waals surface area contributed by atoms with E-state index in [1.807, 2.05) is 24.3 Å². The van der Waals surface area contributed by atoms with Crippen LogP contribution in [-0.4, -0.2) is 29.7 Å². The average molecular weight is 500 g/mol. The van der Waals surface area contributed by atoms with Crippen LogP contribution in [0.5, 0.6) is 5.75 Å². The van der Waals surface area contributed by atoms with Crippen molar-refractivity contribution in [3.8, 4) is 5.75 Å². The Morgan fingerprint density at radius 1 is 0.939 bits per heavy atom. The molecule has 0 aliphatic rings. The number of nitrogens with one attached hydrogen (secondary N) is 3. The van der Waals surface area contributed by atoms with Crippen LogP contribution in [0.3, 0.4) is 0 Å². The molecular formula is C24H22ClN3O3S2. The summed E-state index contributed by atoms with van der Waals surface area (Å²) >= 11 is 12.9. The fraction of sp³-hybridized carbons (Fsp3) is 0.125. The molecule has 3 rings (SSSR count). The van der Waals surface area contributed by atoms with Gasteiger partial charge in [-0.2, -0.15) is 0 Å². The van der Waals surface area contributed by atoms with E-state index in [1.54, 1.807) is 42.5 Å². The van der Waals surface area contributed by atoms with Crippen LogP contribution in [-0.2, 0) is 4.79 Å². The zero-order chi connectivity index (χ0) is 23.8. The molecule has 1 amide bonds. The minimum Gasteiger partial charge on any atom is -0.495 e. The van der Waals surface area contributed by atoms with Gasteiger partial charge in [-0.25, -0.2) is 0 Å². The lowest BCUT2D eigenvalue weighted by Crippen LogP contribution is -2.19. The average Bonchev–Trinajstić information content (AvgIpc) is 2.78. The number of anilines is 3. The first kappa shape index (κ1) is 24.6. The van der Waals surface area contributed by atoms with Crippen LogP contribution in [0, 0.1) is 0 Å². The normalized spacial score (nSPS) is 10.3. The van der Waals surface area contributed by atoms with E-state index in [9.17, 15) is 9.59 Å².